The van der Waals surface area contributed by atoms with Crippen molar-refractivity contribution in [2.24, 2.45) is 0 Å². The third-order valence-electron chi connectivity index (χ3n) is 2.10. The van der Waals surface area contributed by atoms with E-state index in [-0.39, 0.29) is 0 Å². The highest BCUT2D eigenvalue weighted by atomic mass is 32.1. The summed E-state index contributed by atoms with van der Waals surface area (Å²) < 4.78 is 5.63. The molecule has 1 N–H and O–H groups in total. The first-order chi connectivity index (χ1) is 7.42. The zero-order valence-electron chi connectivity index (χ0n) is 7.81. The van der Waals surface area contributed by atoms with Crippen molar-refractivity contribution in [3.05, 3.63) is 41.9 Å². The van der Waals surface area contributed by atoms with Crippen LogP contribution in [0.25, 0.3) is 11.3 Å². The number of fused-ring (bicyclic) bond motifs is 1. The Hall–Kier alpha value is -1.81. The summed E-state index contributed by atoms with van der Waals surface area (Å²) in [7, 11) is 0. The summed E-state index contributed by atoms with van der Waals surface area (Å²) in [6.07, 6.45) is 1.76. The largest absolute Gasteiger partial charge is 0.440 e. The second-order valence-corrected chi connectivity index (χ2v) is 4.00. The van der Waals surface area contributed by atoms with Gasteiger partial charge in [0.15, 0.2) is 11.0 Å². The van der Waals surface area contributed by atoms with E-state index >= 15 is 0 Å². The SMILES string of the molecule is c1cc2ccc(Nc3nccs3)oc-2c1. The van der Waals surface area contributed by atoms with Gasteiger partial charge in [-0.3, -0.25) is 0 Å². The van der Waals surface area contributed by atoms with Crippen LogP contribution in [0.3, 0.4) is 0 Å². The van der Waals surface area contributed by atoms with Crippen LogP contribution in [0.4, 0.5) is 11.0 Å². The van der Waals surface area contributed by atoms with Crippen molar-refractivity contribution in [1.29, 1.82) is 0 Å². The van der Waals surface area contributed by atoms with Crippen LogP contribution in [0.1, 0.15) is 0 Å². The van der Waals surface area contributed by atoms with E-state index in [0.29, 0.717) is 5.88 Å². The maximum absolute atomic E-state index is 5.63. The number of nitrogens with one attached hydrogen (secondary N) is 1. The lowest BCUT2D eigenvalue weighted by Crippen LogP contribution is -1.89. The van der Waals surface area contributed by atoms with E-state index in [1.165, 1.54) is 0 Å². The second-order valence-electron chi connectivity index (χ2n) is 3.11. The number of hydrogen-bond acceptors (Lipinski definition) is 4. The van der Waals surface area contributed by atoms with Crippen LogP contribution in [0, 0.1) is 0 Å². The lowest BCUT2D eigenvalue weighted by Gasteiger charge is -2.04. The molecule has 2 aliphatic rings. The van der Waals surface area contributed by atoms with Gasteiger partial charge < -0.3 is 9.73 Å². The Morgan fingerprint density at radius 2 is 2.20 bits per heavy atom. The van der Waals surface area contributed by atoms with Gasteiger partial charge in [-0.25, -0.2) is 4.98 Å². The van der Waals surface area contributed by atoms with E-state index in [1.807, 2.05) is 35.7 Å². The molecule has 1 aliphatic heterocycles. The van der Waals surface area contributed by atoms with E-state index in [9.17, 15) is 0 Å². The Labute approximate surface area is 90.7 Å². The predicted molar refractivity (Wildman–Crippen MR) is 60.7 cm³/mol. The third kappa shape index (κ3) is 1.59. The van der Waals surface area contributed by atoms with E-state index in [1.54, 1.807) is 17.5 Å². The first kappa shape index (κ1) is 8.49. The lowest BCUT2D eigenvalue weighted by molar-refractivity contribution is 0.586. The molecule has 0 radical (unpaired) electrons. The number of nitrogens with zero attached hydrogens (tertiary/aromatic N) is 1. The average Bonchev–Trinajstić information content (AvgIpc) is 2.87. The van der Waals surface area contributed by atoms with Gasteiger partial charge in [0.25, 0.3) is 0 Å². The van der Waals surface area contributed by atoms with Gasteiger partial charge in [-0.15, -0.1) is 11.3 Å². The Morgan fingerprint density at radius 3 is 3.07 bits per heavy atom. The molecule has 0 spiro atoms. The van der Waals surface area contributed by atoms with E-state index in [0.717, 1.165) is 16.5 Å². The highest BCUT2D eigenvalue weighted by Crippen LogP contribution is 2.28. The molecule has 4 heteroatoms. The lowest BCUT2D eigenvalue weighted by atomic mass is 10.2. The van der Waals surface area contributed by atoms with E-state index in [4.69, 9.17) is 4.42 Å². The van der Waals surface area contributed by atoms with Crippen LogP contribution in [-0.2, 0) is 0 Å². The summed E-state index contributed by atoms with van der Waals surface area (Å²) >= 11 is 1.54. The highest BCUT2D eigenvalue weighted by molar-refractivity contribution is 7.13. The predicted octanol–water partition coefficient (Wildman–Crippen LogP) is 3.58. The van der Waals surface area contributed by atoms with Gasteiger partial charge >= 0.3 is 0 Å². The second kappa shape index (κ2) is 3.40. The minimum atomic E-state index is 0.712. The number of thiazole rings is 1. The van der Waals surface area contributed by atoms with Gasteiger partial charge in [-0.05, 0) is 18.2 Å². The Kier molecular flexibility index (Phi) is 1.93. The average molecular weight is 216 g/mol. The molecule has 1 aromatic rings. The molecule has 0 amide bonds. The van der Waals surface area contributed by atoms with Gasteiger partial charge in [0, 0.05) is 17.1 Å². The fourth-order valence-electron chi connectivity index (χ4n) is 1.42. The molecule has 0 saturated carbocycles. The molecular formula is C11H8N2OS. The number of hydrogen-bond donors (Lipinski definition) is 1. The van der Waals surface area contributed by atoms with Gasteiger partial charge in [0.05, 0.1) is 0 Å². The maximum Gasteiger partial charge on any atom is 0.199 e. The minimum Gasteiger partial charge on any atom is -0.440 e. The standard InChI is InChI=1S/C11H8N2OS/c1-2-8-4-5-10(14-9(8)3-1)13-11-12-6-7-15-11/h1-7H,(H,12,13). The number of rotatable bonds is 2. The van der Waals surface area contributed by atoms with Gasteiger partial charge in [-0.1, -0.05) is 12.1 Å². The van der Waals surface area contributed by atoms with Crippen molar-refractivity contribution in [3.63, 3.8) is 0 Å². The van der Waals surface area contributed by atoms with Crippen LogP contribution >= 0.6 is 11.3 Å². The Morgan fingerprint density at radius 1 is 1.20 bits per heavy atom. The van der Waals surface area contributed by atoms with Crippen LogP contribution < -0.4 is 5.32 Å². The third-order valence-corrected chi connectivity index (χ3v) is 2.79. The van der Waals surface area contributed by atoms with Crippen molar-refractivity contribution in [1.82, 2.24) is 4.98 Å². The molecule has 3 nitrogen and oxygen atoms in total. The molecule has 74 valence electrons. The molecule has 0 aromatic carbocycles. The Balaban J connectivity index is 1.95. The number of aromatic nitrogens is 1. The Bertz CT molecular complexity index is 529. The molecule has 15 heavy (non-hydrogen) atoms. The highest BCUT2D eigenvalue weighted by Gasteiger charge is 2.06. The van der Waals surface area contributed by atoms with E-state index in [2.05, 4.69) is 10.3 Å². The molecule has 1 aromatic heterocycles. The molecule has 1 aliphatic carbocycles. The molecule has 0 unspecified atom stereocenters. The van der Waals surface area contributed by atoms with Gasteiger partial charge in [0.2, 0.25) is 0 Å². The summed E-state index contributed by atoms with van der Waals surface area (Å²) in [6, 6.07) is 9.87. The van der Waals surface area contributed by atoms with Gasteiger partial charge in [0.1, 0.15) is 5.76 Å². The minimum absolute atomic E-state index is 0.712. The molecule has 2 heterocycles. The zero-order chi connectivity index (χ0) is 10.1. The van der Waals surface area contributed by atoms with Crippen LogP contribution in [0.15, 0.2) is 46.3 Å². The smallest absolute Gasteiger partial charge is 0.199 e. The normalized spacial score (nSPS) is 10.7. The van der Waals surface area contributed by atoms with Crippen molar-refractivity contribution in [2.75, 3.05) is 5.32 Å². The topological polar surface area (TPSA) is 38.1 Å². The fraction of sp³-hybridized carbons (Fsp3) is 0. The zero-order valence-corrected chi connectivity index (χ0v) is 8.62. The monoisotopic (exact) mass is 216 g/mol. The van der Waals surface area contributed by atoms with Crippen molar-refractivity contribution >= 4 is 22.4 Å². The molecular weight excluding hydrogens is 208 g/mol. The first-order valence-corrected chi connectivity index (χ1v) is 5.45. The number of anilines is 2. The molecule has 0 fully saturated rings. The molecule has 0 saturated heterocycles. The van der Waals surface area contributed by atoms with Crippen molar-refractivity contribution in [3.8, 4) is 11.3 Å². The van der Waals surface area contributed by atoms with Crippen LogP contribution in [0.5, 0.6) is 0 Å². The summed E-state index contributed by atoms with van der Waals surface area (Å²) in [5, 5.41) is 5.86. The summed E-state index contributed by atoms with van der Waals surface area (Å²) in [6.45, 7) is 0. The van der Waals surface area contributed by atoms with Crippen LogP contribution in [0.2, 0.25) is 0 Å². The fourth-order valence-corrected chi connectivity index (χ4v) is 1.96. The van der Waals surface area contributed by atoms with Crippen molar-refractivity contribution < 1.29 is 4.42 Å². The maximum atomic E-state index is 5.63. The van der Waals surface area contributed by atoms with Crippen molar-refractivity contribution in [2.45, 2.75) is 0 Å². The summed E-state index contributed by atoms with van der Waals surface area (Å²) in [5.41, 5.74) is 1.11. The molecule has 3 rings (SSSR count). The molecule has 0 bridgehead atoms. The first-order valence-electron chi connectivity index (χ1n) is 4.57. The van der Waals surface area contributed by atoms with Crippen LogP contribution in [-0.4, -0.2) is 4.98 Å². The quantitative estimate of drug-likeness (QED) is 0.711. The van der Waals surface area contributed by atoms with Gasteiger partial charge in [-0.2, -0.15) is 0 Å². The summed E-state index contributed by atoms with van der Waals surface area (Å²) in [5.74, 6) is 1.60. The summed E-state index contributed by atoms with van der Waals surface area (Å²) in [4.78, 5) is 4.13. The van der Waals surface area contributed by atoms with E-state index < -0.39 is 0 Å². The molecule has 0 atom stereocenters.